The molecule has 2 aromatic carbocycles. The Hall–Kier alpha value is -3.87. The molecule has 0 aliphatic rings. The van der Waals surface area contributed by atoms with Crippen LogP contribution in [0.25, 0.3) is 10.9 Å². The highest BCUT2D eigenvalue weighted by atomic mass is 32.2. The maximum atomic E-state index is 13.5. The van der Waals surface area contributed by atoms with E-state index in [2.05, 4.69) is 20.9 Å². The lowest BCUT2D eigenvalue weighted by molar-refractivity contribution is -0.142. The largest absolute Gasteiger partial charge is 0.480 e. The summed E-state index contributed by atoms with van der Waals surface area (Å²) < 4.78 is 0. The molecule has 40 heavy (non-hydrogen) atoms. The quantitative estimate of drug-likeness (QED) is 0.138. The predicted octanol–water partition coefficient (Wildman–Crippen LogP) is 0.565. The lowest BCUT2D eigenvalue weighted by Gasteiger charge is -2.25. The molecule has 1 aromatic heterocycles. The number of carbonyl (C=O) groups is 4. The Morgan fingerprint density at radius 2 is 1.50 bits per heavy atom. The van der Waals surface area contributed by atoms with E-state index in [0.717, 1.165) is 22.0 Å². The molecule has 3 rings (SSSR count). The molecule has 0 fully saturated rings. The van der Waals surface area contributed by atoms with E-state index in [1.165, 1.54) is 11.8 Å². The molecule has 0 radical (unpaired) electrons. The third kappa shape index (κ3) is 8.57. The normalized spacial score (nSPS) is 14.1. The van der Waals surface area contributed by atoms with Crippen LogP contribution in [-0.2, 0) is 32.0 Å². The molecule has 3 amide bonds. The average Bonchev–Trinajstić information content (AvgIpc) is 3.36. The van der Waals surface area contributed by atoms with Gasteiger partial charge in [-0.15, -0.1) is 0 Å². The molecule has 214 valence electrons. The van der Waals surface area contributed by atoms with Gasteiger partial charge in [-0.1, -0.05) is 48.5 Å². The second kappa shape index (κ2) is 15.1. The molecule has 0 saturated heterocycles. The molecule has 1 heterocycles. The number of aromatic nitrogens is 1. The van der Waals surface area contributed by atoms with Crippen molar-refractivity contribution in [3.05, 3.63) is 71.9 Å². The van der Waals surface area contributed by atoms with Crippen molar-refractivity contribution < 1.29 is 29.4 Å². The maximum Gasteiger partial charge on any atom is 0.326 e. The molecule has 4 atom stereocenters. The van der Waals surface area contributed by atoms with Gasteiger partial charge in [0.1, 0.15) is 24.2 Å². The number of aromatic amines is 1. The molecule has 0 saturated carbocycles. The maximum absolute atomic E-state index is 13.5. The summed E-state index contributed by atoms with van der Waals surface area (Å²) in [5.41, 5.74) is 7.93. The summed E-state index contributed by atoms with van der Waals surface area (Å²) in [7, 11) is 0. The van der Waals surface area contributed by atoms with Crippen LogP contribution in [0.2, 0.25) is 0 Å². The van der Waals surface area contributed by atoms with Crippen LogP contribution in [0.15, 0.2) is 60.8 Å². The van der Waals surface area contributed by atoms with Gasteiger partial charge in [-0.3, -0.25) is 14.4 Å². The molecule has 12 heteroatoms. The minimum atomic E-state index is -1.23. The highest BCUT2D eigenvalue weighted by molar-refractivity contribution is 7.98. The van der Waals surface area contributed by atoms with Gasteiger partial charge in [0.25, 0.3) is 0 Å². The van der Waals surface area contributed by atoms with Gasteiger partial charge in [0.15, 0.2) is 0 Å². The van der Waals surface area contributed by atoms with Gasteiger partial charge in [0, 0.05) is 29.9 Å². The van der Waals surface area contributed by atoms with Gasteiger partial charge < -0.3 is 36.9 Å². The number of hydrogen-bond acceptors (Lipinski definition) is 7. The van der Waals surface area contributed by atoms with Crippen molar-refractivity contribution in [2.75, 3.05) is 18.6 Å². The Kier molecular flexibility index (Phi) is 11.5. The first-order chi connectivity index (χ1) is 19.2. The van der Waals surface area contributed by atoms with Crippen LogP contribution < -0.4 is 21.7 Å². The number of hydrogen-bond donors (Lipinski definition) is 7. The van der Waals surface area contributed by atoms with Gasteiger partial charge in [-0.2, -0.15) is 11.8 Å². The SMILES string of the molecule is CSCCC(NC(=O)C(N)CO)C(=O)NC(Cc1c[nH]c2ccccc12)C(=O)NC(Cc1ccccc1)C(=O)O. The van der Waals surface area contributed by atoms with Crippen molar-refractivity contribution in [3.63, 3.8) is 0 Å². The second-order valence-corrected chi connectivity index (χ2v) is 10.3. The molecule has 8 N–H and O–H groups in total. The first-order valence-electron chi connectivity index (χ1n) is 12.8. The topological polar surface area (TPSA) is 187 Å². The minimum absolute atomic E-state index is 0.0567. The third-order valence-corrected chi connectivity index (χ3v) is 7.05. The number of aliphatic hydroxyl groups is 1. The summed E-state index contributed by atoms with van der Waals surface area (Å²) in [6.07, 6.45) is 3.97. The zero-order valence-electron chi connectivity index (χ0n) is 22.1. The molecule has 0 aliphatic carbocycles. The summed E-state index contributed by atoms with van der Waals surface area (Å²) in [6.45, 7) is -0.591. The number of aliphatic carboxylic acids is 1. The summed E-state index contributed by atoms with van der Waals surface area (Å²) in [6, 6.07) is 11.8. The van der Waals surface area contributed by atoms with Crippen molar-refractivity contribution in [3.8, 4) is 0 Å². The smallest absolute Gasteiger partial charge is 0.326 e. The number of aliphatic hydroxyl groups excluding tert-OH is 1. The molecular formula is C28H35N5O6S. The van der Waals surface area contributed by atoms with E-state index in [-0.39, 0.29) is 19.3 Å². The summed E-state index contributed by atoms with van der Waals surface area (Å²) in [4.78, 5) is 54.4. The standard InChI is InChI=1S/C28H35N5O6S/c1-40-12-11-22(31-25(35)20(29)16-34)26(36)32-23(14-18-15-30-21-10-6-5-9-19(18)21)27(37)33-24(28(38)39)13-17-7-3-2-4-8-17/h2-10,15,20,22-24,30,34H,11-14,16,29H2,1H3,(H,31,35)(H,32,36)(H,33,37)(H,38,39). The van der Waals surface area contributed by atoms with Crippen molar-refractivity contribution >= 4 is 46.4 Å². The van der Waals surface area contributed by atoms with Gasteiger partial charge in [0.05, 0.1) is 6.61 Å². The van der Waals surface area contributed by atoms with Gasteiger partial charge in [-0.05, 0) is 35.6 Å². The molecular weight excluding hydrogens is 534 g/mol. The van der Waals surface area contributed by atoms with Crippen LogP contribution in [0.5, 0.6) is 0 Å². The van der Waals surface area contributed by atoms with Gasteiger partial charge >= 0.3 is 5.97 Å². The highest BCUT2D eigenvalue weighted by Crippen LogP contribution is 2.19. The number of H-pyrrole nitrogens is 1. The Balaban J connectivity index is 1.85. The van der Waals surface area contributed by atoms with Crippen LogP contribution in [0, 0.1) is 0 Å². The number of nitrogens with two attached hydrogens (primary N) is 1. The minimum Gasteiger partial charge on any atom is -0.480 e. The zero-order valence-corrected chi connectivity index (χ0v) is 22.9. The van der Waals surface area contributed by atoms with Crippen molar-refractivity contribution in [1.29, 1.82) is 0 Å². The second-order valence-electron chi connectivity index (χ2n) is 9.35. The number of thioether (sulfide) groups is 1. The van der Waals surface area contributed by atoms with Crippen LogP contribution in [0.3, 0.4) is 0 Å². The Bertz CT molecular complexity index is 1300. The van der Waals surface area contributed by atoms with Gasteiger partial charge in [-0.25, -0.2) is 4.79 Å². The summed E-state index contributed by atoms with van der Waals surface area (Å²) in [5, 5.41) is 27.7. The molecule has 4 unspecified atom stereocenters. The lowest BCUT2D eigenvalue weighted by atomic mass is 10.0. The van der Waals surface area contributed by atoms with Crippen LogP contribution >= 0.6 is 11.8 Å². The fraction of sp³-hybridized carbons (Fsp3) is 0.357. The number of rotatable bonds is 15. The van der Waals surface area contributed by atoms with Crippen LogP contribution in [-0.4, -0.2) is 81.7 Å². The number of para-hydroxylation sites is 1. The lowest BCUT2D eigenvalue weighted by Crippen LogP contribution is -2.58. The predicted molar refractivity (Wildman–Crippen MR) is 154 cm³/mol. The number of carboxylic acids is 1. The Labute approximate surface area is 236 Å². The molecule has 0 spiro atoms. The third-order valence-electron chi connectivity index (χ3n) is 6.41. The first kappa shape index (κ1) is 30.7. The molecule has 11 nitrogen and oxygen atoms in total. The number of fused-ring (bicyclic) bond motifs is 1. The van der Waals surface area contributed by atoms with Gasteiger partial charge in [0.2, 0.25) is 17.7 Å². The monoisotopic (exact) mass is 569 g/mol. The van der Waals surface area contributed by atoms with Crippen molar-refractivity contribution in [2.45, 2.75) is 43.4 Å². The van der Waals surface area contributed by atoms with E-state index in [9.17, 15) is 29.4 Å². The van der Waals surface area contributed by atoms with Crippen molar-refractivity contribution in [1.82, 2.24) is 20.9 Å². The Morgan fingerprint density at radius 1 is 0.875 bits per heavy atom. The molecule has 0 bridgehead atoms. The fourth-order valence-corrected chi connectivity index (χ4v) is 4.66. The molecule has 0 aliphatic heterocycles. The summed E-state index contributed by atoms with van der Waals surface area (Å²) in [5.74, 6) is -2.68. The number of carboxylic acid groups (broad SMARTS) is 1. The van der Waals surface area contributed by atoms with Crippen molar-refractivity contribution in [2.24, 2.45) is 5.73 Å². The van der Waals surface area contributed by atoms with E-state index in [1.54, 1.807) is 30.5 Å². The first-order valence-corrected chi connectivity index (χ1v) is 14.2. The fourth-order valence-electron chi connectivity index (χ4n) is 4.19. The summed E-state index contributed by atoms with van der Waals surface area (Å²) >= 11 is 1.47. The van der Waals surface area contributed by atoms with Crippen LogP contribution in [0.4, 0.5) is 0 Å². The van der Waals surface area contributed by atoms with E-state index >= 15 is 0 Å². The van der Waals surface area contributed by atoms with E-state index in [0.29, 0.717) is 5.75 Å². The van der Waals surface area contributed by atoms with E-state index < -0.39 is 54.5 Å². The van der Waals surface area contributed by atoms with E-state index in [4.69, 9.17) is 5.73 Å². The number of amides is 3. The average molecular weight is 570 g/mol. The van der Waals surface area contributed by atoms with E-state index in [1.807, 2.05) is 36.6 Å². The number of benzene rings is 2. The molecule has 3 aromatic rings. The number of carbonyl (C=O) groups excluding carboxylic acids is 3. The zero-order chi connectivity index (χ0) is 29.1. The van der Waals surface area contributed by atoms with Crippen LogP contribution in [0.1, 0.15) is 17.5 Å². The highest BCUT2D eigenvalue weighted by Gasteiger charge is 2.31. The number of nitrogens with one attached hydrogen (secondary N) is 4. The Morgan fingerprint density at radius 3 is 2.17 bits per heavy atom.